The van der Waals surface area contributed by atoms with Crippen LogP contribution in [0.25, 0.3) is 22.0 Å². The first kappa shape index (κ1) is 21.0. The molecular weight excluding hydrogens is 466 g/mol. The monoisotopic (exact) mass is 485 g/mol. The van der Waals surface area contributed by atoms with E-state index in [1.807, 2.05) is 19.0 Å². The number of oxazole rings is 1. The van der Waals surface area contributed by atoms with E-state index in [1.165, 1.54) is 15.5 Å². The van der Waals surface area contributed by atoms with Crippen molar-refractivity contribution in [2.75, 3.05) is 26.0 Å². The maximum absolute atomic E-state index is 12.7. The lowest BCUT2D eigenvalue weighted by molar-refractivity contribution is -0.116. The first-order valence-electron chi connectivity index (χ1n) is 9.54. The number of fused-ring (bicyclic) bond motifs is 2. The number of carbonyl (C=O) groups is 1. The van der Waals surface area contributed by atoms with Crippen LogP contribution < -0.4 is 16.6 Å². The number of rotatable bonds is 6. The van der Waals surface area contributed by atoms with E-state index < -0.39 is 5.76 Å². The summed E-state index contributed by atoms with van der Waals surface area (Å²) in [6, 6.07) is 10.2. The summed E-state index contributed by atoms with van der Waals surface area (Å²) in [6.07, 6.45) is 1.36. The second kappa shape index (κ2) is 8.48. The van der Waals surface area contributed by atoms with Gasteiger partial charge in [-0.25, -0.2) is 9.78 Å². The summed E-state index contributed by atoms with van der Waals surface area (Å²) in [4.78, 5) is 43.6. The highest BCUT2D eigenvalue weighted by Crippen LogP contribution is 2.19. The summed E-state index contributed by atoms with van der Waals surface area (Å²) in [6.45, 7) is 0.939. The lowest BCUT2D eigenvalue weighted by Gasteiger charge is -2.10. The van der Waals surface area contributed by atoms with E-state index >= 15 is 0 Å². The van der Waals surface area contributed by atoms with Gasteiger partial charge in [0.2, 0.25) is 5.91 Å². The highest BCUT2D eigenvalue weighted by Gasteiger charge is 2.13. The first-order chi connectivity index (χ1) is 14.8. The number of hydrogen-bond acceptors (Lipinski definition) is 6. The van der Waals surface area contributed by atoms with Gasteiger partial charge in [0.1, 0.15) is 6.54 Å². The molecule has 4 aromatic rings. The van der Waals surface area contributed by atoms with Gasteiger partial charge >= 0.3 is 5.76 Å². The van der Waals surface area contributed by atoms with Gasteiger partial charge in [0.05, 0.1) is 22.7 Å². The molecule has 0 aliphatic heterocycles. The lowest BCUT2D eigenvalue weighted by atomic mass is 10.2. The van der Waals surface area contributed by atoms with Gasteiger partial charge < -0.3 is 14.6 Å². The molecule has 0 aliphatic rings. The smallest absolute Gasteiger partial charge is 0.408 e. The van der Waals surface area contributed by atoms with Crippen molar-refractivity contribution >= 4 is 49.5 Å². The molecule has 10 heteroatoms. The quantitative estimate of drug-likeness (QED) is 0.449. The van der Waals surface area contributed by atoms with E-state index in [9.17, 15) is 14.4 Å². The molecule has 31 heavy (non-hydrogen) atoms. The molecular formula is C21H20BrN5O4. The highest BCUT2D eigenvalue weighted by molar-refractivity contribution is 9.10. The van der Waals surface area contributed by atoms with Crippen LogP contribution in [0.2, 0.25) is 0 Å². The van der Waals surface area contributed by atoms with E-state index in [0.29, 0.717) is 40.8 Å². The largest absolute Gasteiger partial charge is 0.419 e. The third-order valence-corrected chi connectivity index (χ3v) is 5.32. The standard InChI is InChI=1S/C21H20BrN5O4/c1-25(2)7-8-27-17-10-14(4-6-18(17)31-21(27)30)24-19(28)11-26-12-23-16-5-3-13(22)9-15(16)20(26)29/h3-6,9-10,12H,7-8,11H2,1-2H3,(H,24,28). The predicted octanol–water partition coefficient (Wildman–Crippen LogP) is 2.27. The molecule has 0 saturated heterocycles. The first-order valence-corrected chi connectivity index (χ1v) is 10.3. The summed E-state index contributed by atoms with van der Waals surface area (Å²) in [5, 5.41) is 3.19. The fraction of sp³-hybridized carbons (Fsp3) is 0.238. The van der Waals surface area contributed by atoms with Crippen molar-refractivity contribution in [3.05, 3.63) is 68.1 Å². The van der Waals surface area contributed by atoms with Gasteiger partial charge in [-0.15, -0.1) is 0 Å². The Bertz CT molecular complexity index is 1400. The Hall–Kier alpha value is -3.24. The Balaban J connectivity index is 1.56. The summed E-state index contributed by atoms with van der Waals surface area (Å²) in [7, 11) is 3.84. The van der Waals surface area contributed by atoms with Gasteiger partial charge in [0.25, 0.3) is 5.56 Å². The molecule has 0 fully saturated rings. The Labute approximate surface area is 185 Å². The Kier molecular flexibility index (Phi) is 5.75. The molecule has 0 atom stereocenters. The third-order valence-electron chi connectivity index (χ3n) is 4.82. The van der Waals surface area contributed by atoms with Gasteiger partial charge in [-0.2, -0.15) is 0 Å². The average Bonchev–Trinajstić information content (AvgIpc) is 3.03. The Morgan fingerprint density at radius 3 is 2.77 bits per heavy atom. The molecule has 2 heterocycles. The fourth-order valence-electron chi connectivity index (χ4n) is 3.25. The average molecular weight is 486 g/mol. The number of carbonyl (C=O) groups excluding carboxylic acids is 1. The van der Waals surface area contributed by atoms with Crippen molar-refractivity contribution in [1.82, 2.24) is 19.0 Å². The molecule has 2 aromatic carbocycles. The zero-order chi connectivity index (χ0) is 22.1. The van der Waals surface area contributed by atoms with Crippen LogP contribution in [0.5, 0.6) is 0 Å². The van der Waals surface area contributed by atoms with E-state index in [-0.39, 0.29) is 18.0 Å². The second-order valence-electron chi connectivity index (χ2n) is 7.39. The van der Waals surface area contributed by atoms with E-state index in [1.54, 1.807) is 36.4 Å². The van der Waals surface area contributed by atoms with Crippen molar-refractivity contribution in [3.8, 4) is 0 Å². The molecule has 1 N–H and O–H groups in total. The molecule has 0 spiro atoms. The van der Waals surface area contributed by atoms with Crippen LogP contribution in [-0.4, -0.2) is 45.6 Å². The topological polar surface area (TPSA) is 102 Å². The van der Waals surface area contributed by atoms with Crippen LogP contribution >= 0.6 is 15.9 Å². The molecule has 160 valence electrons. The van der Waals surface area contributed by atoms with Crippen LogP contribution in [0.1, 0.15) is 0 Å². The minimum absolute atomic E-state index is 0.189. The molecule has 0 bridgehead atoms. The summed E-state index contributed by atoms with van der Waals surface area (Å²) in [5.41, 5.74) is 1.80. The molecule has 0 saturated carbocycles. The highest BCUT2D eigenvalue weighted by atomic mass is 79.9. The van der Waals surface area contributed by atoms with Gasteiger partial charge in [-0.1, -0.05) is 15.9 Å². The minimum atomic E-state index is -0.444. The summed E-state index contributed by atoms with van der Waals surface area (Å²) < 4.78 is 8.82. The van der Waals surface area contributed by atoms with Gasteiger partial charge in [0.15, 0.2) is 5.58 Å². The number of nitrogens with zero attached hydrogens (tertiary/aromatic N) is 4. The van der Waals surface area contributed by atoms with Crippen LogP contribution in [-0.2, 0) is 17.9 Å². The van der Waals surface area contributed by atoms with E-state index in [0.717, 1.165) is 4.47 Å². The van der Waals surface area contributed by atoms with E-state index in [2.05, 4.69) is 26.2 Å². The van der Waals surface area contributed by atoms with Gasteiger partial charge in [-0.05, 0) is 50.5 Å². The number of amides is 1. The minimum Gasteiger partial charge on any atom is -0.408 e. The lowest BCUT2D eigenvalue weighted by Crippen LogP contribution is -2.28. The molecule has 0 unspecified atom stereocenters. The number of likely N-dealkylation sites (N-methyl/N-ethyl adjacent to an activating group) is 1. The summed E-state index contributed by atoms with van der Waals surface area (Å²) >= 11 is 3.34. The van der Waals surface area contributed by atoms with Crippen LogP contribution in [0.4, 0.5) is 5.69 Å². The maximum Gasteiger partial charge on any atom is 0.419 e. The van der Waals surface area contributed by atoms with Crippen molar-refractivity contribution < 1.29 is 9.21 Å². The van der Waals surface area contributed by atoms with Gasteiger partial charge in [-0.3, -0.25) is 18.7 Å². The zero-order valence-electron chi connectivity index (χ0n) is 17.0. The van der Waals surface area contributed by atoms with E-state index in [4.69, 9.17) is 4.42 Å². The molecule has 1 amide bonds. The second-order valence-corrected chi connectivity index (χ2v) is 8.31. The number of benzene rings is 2. The molecule has 9 nitrogen and oxygen atoms in total. The molecule has 0 radical (unpaired) electrons. The van der Waals surface area contributed by atoms with Crippen LogP contribution in [0.15, 0.2) is 61.2 Å². The Morgan fingerprint density at radius 2 is 2.00 bits per heavy atom. The number of hydrogen-bond donors (Lipinski definition) is 1. The van der Waals surface area contributed by atoms with Gasteiger partial charge in [0, 0.05) is 23.2 Å². The number of nitrogens with one attached hydrogen (secondary N) is 1. The van der Waals surface area contributed by atoms with Crippen LogP contribution in [0, 0.1) is 0 Å². The number of halogens is 1. The maximum atomic E-state index is 12.7. The van der Waals surface area contributed by atoms with Crippen molar-refractivity contribution in [3.63, 3.8) is 0 Å². The van der Waals surface area contributed by atoms with Crippen molar-refractivity contribution in [2.45, 2.75) is 13.1 Å². The summed E-state index contributed by atoms with van der Waals surface area (Å²) in [5.74, 6) is -0.830. The SMILES string of the molecule is CN(C)CCn1c(=O)oc2ccc(NC(=O)Cn3cnc4ccc(Br)cc4c3=O)cc21. The van der Waals surface area contributed by atoms with Crippen molar-refractivity contribution in [1.29, 1.82) is 0 Å². The molecule has 2 aromatic heterocycles. The van der Waals surface area contributed by atoms with Crippen LogP contribution in [0.3, 0.4) is 0 Å². The Morgan fingerprint density at radius 1 is 1.19 bits per heavy atom. The molecule has 0 aliphatic carbocycles. The predicted molar refractivity (Wildman–Crippen MR) is 121 cm³/mol. The third kappa shape index (κ3) is 4.44. The normalized spacial score (nSPS) is 11.5. The number of anilines is 1. The molecule has 4 rings (SSSR count). The fourth-order valence-corrected chi connectivity index (χ4v) is 3.61. The number of aromatic nitrogens is 3. The van der Waals surface area contributed by atoms with Crippen molar-refractivity contribution in [2.24, 2.45) is 0 Å². The zero-order valence-corrected chi connectivity index (χ0v) is 18.5.